The maximum absolute atomic E-state index is 13.5. The maximum atomic E-state index is 13.5. The van der Waals surface area contributed by atoms with Gasteiger partial charge in [-0.25, -0.2) is 34.2 Å². The van der Waals surface area contributed by atoms with Crippen molar-refractivity contribution in [3.63, 3.8) is 0 Å². The molecule has 4 N–H and O–H groups in total. The number of morpholine rings is 2. The summed E-state index contributed by atoms with van der Waals surface area (Å²) in [5, 5.41) is 22.8. The number of hydrogen-bond donors (Lipinski definition) is 4. The summed E-state index contributed by atoms with van der Waals surface area (Å²) < 4.78 is 49.6. The van der Waals surface area contributed by atoms with Crippen LogP contribution in [0.1, 0.15) is 155 Å². The molecule has 0 radical (unpaired) electrons. The lowest BCUT2D eigenvalue weighted by atomic mass is 9.92. The number of nitrogens with zero attached hydrogens (tertiary/aromatic N) is 4. The lowest BCUT2D eigenvalue weighted by Crippen LogP contribution is -2.49. The number of aryl methyl sites for hydroxylation is 5. The summed E-state index contributed by atoms with van der Waals surface area (Å²) in [6, 6.07) is 59.0. The van der Waals surface area contributed by atoms with Crippen LogP contribution in [0.3, 0.4) is 0 Å². The van der Waals surface area contributed by atoms with Crippen LogP contribution in [0.2, 0.25) is 0 Å². The Hall–Kier alpha value is -9.09. The van der Waals surface area contributed by atoms with Crippen LogP contribution in [0.25, 0.3) is 0 Å². The zero-order valence-corrected chi connectivity index (χ0v) is 78.0. The van der Waals surface area contributed by atoms with Gasteiger partial charge in [0.2, 0.25) is 0 Å². The number of alkyl halides is 1. The van der Waals surface area contributed by atoms with E-state index in [0.29, 0.717) is 119 Å². The number of carbonyl (C=O) groups is 7. The quantitative estimate of drug-likeness (QED) is 0.0259. The van der Waals surface area contributed by atoms with Crippen molar-refractivity contribution in [2.24, 2.45) is 0 Å². The van der Waals surface area contributed by atoms with Crippen molar-refractivity contribution >= 4 is 144 Å². The average molecular weight is 1940 g/mol. The molecule has 4 atom stereocenters. The fourth-order valence-corrected chi connectivity index (χ4v) is 15.5. The minimum atomic E-state index is -0.609. The second kappa shape index (κ2) is 50.6. The number of aliphatic hydroxyl groups excluding tert-OH is 1. The Bertz CT molecular complexity index is 4780. The summed E-state index contributed by atoms with van der Waals surface area (Å²) in [5.74, 6) is -0.0415. The van der Waals surface area contributed by atoms with Crippen LogP contribution in [-0.2, 0) is 59.8 Å². The van der Waals surface area contributed by atoms with Crippen LogP contribution in [0, 0.1) is 27.7 Å². The molecule has 0 bridgehead atoms. The van der Waals surface area contributed by atoms with Gasteiger partial charge in [-0.3, -0.25) is 10.0 Å². The van der Waals surface area contributed by atoms with Gasteiger partial charge in [0.05, 0.1) is 108 Å². The third-order valence-corrected chi connectivity index (χ3v) is 22.7. The molecule has 0 aliphatic carbocycles. The third kappa shape index (κ3) is 28.0. The van der Waals surface area contributed by atoms with Gasteiger partial charge in [-0.05, 0) is 135 Å². The van der Waals surface area contributed by atoms with Crippen LogP contribution in [0.4, 0.5) is 9.59 Å². The topological polar surface area (TPSA) is 280 Å². The van der Waals surface area contributed by atoms with Gasteiger partial charge in [0, 0.05) is 81.8 Å². The van der Waals surface area contributed by atoms with Crippen LogP contribution >= 0.6 is 102 Å². The van der Waals surface area contributed by atoms with E-state index < -0.39 is 11.9 Å². The highest BCUT2D eigenvalue weighted by molar-refractivity contribution is 9.11. The number of carbonyl (C=O) groups excluding carboxylic acids is 7. The van der Waals surface area contributed by atoms with E-state index in [1.807, 2.05) is 106 Å². The number of hydroxylamine groups is 1. The number of urea groups is 2. The Labute approximate surface area is 766 Å². The van der Waals surface area contributed by atoms with Crippen molar-refractivity contribution in [1.82, 2.24) is 30.4 Å². The molecule has 0 spiro atoms. The van der Waals surface area contributed by atoms with Gasteiger partial charge < -0.3 is 72.7 Å². The van der Waals surface area contributed by atoms with Crippen molar-refractivity contribution in [1.29, 1.82) is 0 Å². The minimum Gasteiger partial charge on any atom is -0.491 e. The summed E-state index contributed by atoms with van der Waals surface area (Å²) in [7, 11) is 5.47. The highest BCUT2D eigenvalue weighted by atomic mass is 79.9. The Kier molecular flexibility index (Phi) is 42.2. The summed E-state index contributed by atoms with van der Waals surface area (Å²) in [5.41, 5.74) is 18.0. The number of rotatable bonds is 14. The van der Waals surface area contributed by atoms with E-state index in [0.717, 1.165) is 88.5 Å². The van der Waals surface area contributed by atoms with Gasteiger partial charge in [-0.15, -0.1) is 0 Å². The number of methoxy groups -OCH3 is 4. The van der Waals surface area contributed by atoms with Crippen molar-refractivity contribution < 1.29 is 86.5 Å². The molecule has 2 saturated heterocycles. The summed E-state index contributed by atoms with van der Waals surface area (Å²) in [6.45, 7) is 15.3. The number of nitrogens with one attached hydrogen (secondary N) is 2. The Morgan fingerprint density at radius 2 is 0.811 bits per heavy atom. The molecule has 9 aromatic carbocycles. The molecule has 24 nitrogen and oxygen atoms in total. The standard InChI is InChI=1S/C23H26N2O5.C22H25N3O5.C19H21BrO3.C18H19NO3.C9H8Br2O2.4H2S/c1-16-3-5-17(6-4-16)20-15-30-21-13-18(22(26)28-2)7-8-19(21)14-25(20)23(27)24-9-11-29-12-10-24;1-15-2-4-16(5-3-15)19-14-30-20-12-17(21(26)23-28)6-7-18(20)13-25(19)22(27)24-8-10-29-11-9-24;1-13-3-5-14(6-4-13)17(12-21)10-8-15-7-9-16(11-18(15)20)19(22)23-2;1-12-3-5-13(6-4-12)16-11-22-17-9-14(18(20)21-2)7-8-15(17)10-19-16;1-13-9(12)6-2-3-7(5-10)8(11)4-6;;;;/h3-8,13,20H,9-12,14-15H2,1-2H3;2-7,12,19,28H,8-11,13-14H2,1H3,(H,23,26);3-7,9,11,17,21H,8,10,12H2,1-2H3;3-9,16,19H,10-11H2,1-2H3;2-4H,5H2,1H3;4*1H2/t20-;19-;17-;16-;;;;;/m1111...../s1. The van der Waals surface area contributed by atoms with Crippen molar-refractivity contribution in [3.8, 4) is 17.2 Å². The molecule has 654 valence electrons. The SMILES string of the molecule is COC(=O)c1ccc(CBr)c(Br)c1.COC(=O)c1ccc(CC[C@H](CO)c2ccc(C)cc2)c(Br)c1.COC(=O)c1ccc2c(c1)OC[C@H](c1ccc(C)cc1)N(C(=O)N1CCOCC1)C2.COC(=O)c1ccc2c(c1)OC[C@H](c1ccc(C)cc1)NC2.Cc1ccc([C@H]2COc3cc(C(=O)NO)ccc3CN2C(=O)N2CCOCC2)cc1.S.S.S.S. The molecule has 5 heterocycles. The normalized spacial score (nSPS) is 15.6. The number of aliphatic hydroxyl groups is 1. The first-order valence-electron chi connectivity index (χ1n) is 38.6. The van der Waals surface area contributed by atoms with Crippen LogP contribution in [0.5, 0.6) is 17.2 Å². The lowest BCUT2D eigenvalue weighted by Gasteiger charge is -2.36. The molecule has 5 aliphatic rings. The molecule has 122 heavy (non-hydrogen) atoms. The number of halogens is 3. The number of esters is 4. The molecule has 31 heteroatoms. The molecule has 5 amide bonds. The minimum absolute atomic E-state index is 0. The van der Waals surface area contributed by atoms with Crippen LogP contribution in [0.15, 0.2) is 197 Å². The smallest absolute Gasteiger partial charge is 0.337 e. The molecule has 14 rings (SSSR count). The number of hydrogen-bond acceptors (Lipinski definition) is 19. The number of fused-ring (bicyclic) bond motifs is 3. The lowest BCUT2D eigenvalue weighted by molar-refractivity contribution is 0.0362. The Balaban J connectivity index is 0.000000239. The van der Waals surface area contributed by atoms with Gasteiger partial charge in [-0.2, -0.15) is 54.0 Å². The van der Waals surface area contributed by atoms with E-state index in [1.54, 1.807) is 72.2 Å². The molecular formula is C91H107Br3N6O18S4. The summed E-state index contributed by atoms with van der Waals surface area (Å²) >= 11 is 10.2. The zero-order chi connectivity index (χ0) is 84.4. The molecule has 0 aromatic heterocycles. The van der Waals surface area contributed by atoms with E-state index in [9.17, 15) is 38.7 Å². The second-order valence-corrected chi connectivity index (χ2v) is 30.9. The van der Waals surface area contributed by atoms with Gasteiger partial charge in [0.25, 0.3) is 5.91 Å². The summed E-state index contributed by atoms with van der Waals surface area (Å²) in [4.78, 5) is 92.2. The van der Waals surface area contributed by atoms with E-state index in [-0.39, 0.29) is 127 Å². The second-order valence-electron chi connectivity index (χ2n) is 28.6. The van der Waals surface area contributed by atoms with Gasteiger partial charge in [0.15, 0.2) is 0 Å². The van der Waals surface area contributed by atoms with Crippen LogP contribution < -0.4 is 25.0 Å². The molecule has 0 unspecified atom stereocenters. The molecule has 5 aliphatic heterocycles. The molecule has 2 fully saturated rings. The highest BCUT2D eigenvalue weighted by Crippen LogP contribution is 2.37. The fraction of sp³-hybridized carbons (Fsp3) is 0.330. The van der Waals surface area contributed by atoms with E-state index in [2.05, 4.69) is 120 Å². The van der Waals surface area contributed by atoms with Crippen molar-refractivity contribution in [2.45, 2.75) is 89.5 Å². The van der Waals surface area contributed by atoms with Crippen molar-refractivity contribution in [2.75, 3.05) is 107 Å². The van der Waals surface area contributed by atoms with Crippen LogP contribution in [-0.4, -0.2) is 179 Å². The van der Waals surface area contributed by atoms with E-state index in [4.69, 9.17) is 43.1 Å². The van der Waals surface area contributed by atoms with E-state index >= 15 is 0 Å². The highest BCUT2D eigenvalue weighted by Gasteiger charge is 2.36. The number of ether oxygens (including phenoxy) is 9. The maximum Gasteiger partial charge on any atom is 0.337 e. The molecular weight excluding hydrogens is 1830 g/mol. The van der Waals surface area contributed by atoms with Gasteiger partial charge >= 0.3 is 35.9 Å². The number of benzene rings is 9. The third-order valence-electron chi connectivity index (χ3n) is 20.7. The number of amides is 5. The molecule has 9 aromatic rings. The predicted octanol–water partition coefficient (Wildman–Crippen LogP) is 16.5. The van der Waals surface area contributed by atoms with E-state index in [1.165, 1.54) is 45.1 Å². The average Bonchev–Trinajstić information content (AvgIpc) is 1.60. The first kappa shape index (κ1) is 102. The van der Waals surface area contributed by atoms with Gasteiger partial charge in [0.1, 0.15) is 37.1 Å². The van der Waals surface area contributed by atoms with Crippen molar-refractivity contribution in [3.05, 3.63) is 297 Å². The fourth-order valence-electron chi connectivity index (χ4n) is 13.6. The molecule has 0 saturated carbocycles. The van der Waals surface area contributed by atoms with Gasteiger partial charge in [-0.1, -0.05) is 197 Å². The first-order valence-corrected chi connectivity index (χ1v) is 41.3. The summed E-state index contributed by atoms with van der Waals surface area (Å²) in [6.07, 6.45) is 1.66. The Morgan fingerprint density at radius 1 is 0.459 bits per heavy atom. The predicted molar refractivity (Wildman–Crippen MR) is 497 cm³/mol. The largest absolute Gasteiger partial charge is 0.491 e. The Morgan fingerprint density at radius 3 is 1.20 bits per heavy atom. The monoisotopic (exact) mass is 1940 g/mol. The zero-order valence-electron chi connectivity index (χ0n) is 69.3. The first-order chi connectivity index (χ1) is 57.0.